The number of aromatic amines is 2. The number of aromatic nitrogens is 5. The molecular weight excluding hydrogens is 284 g/mol. The van der Waals surface area contributed by atoms with Crippen LogP contribution in [0.4, 0.5) is 0 Å². The maximum atomic E-state index is 12.6. The summed E-state index contributed by atoms with van der Waals surface area (Å²) in [5.41, 5.74) is 0.510. The van der Waals surface area contributed by atoms with Crippen LogP contribution < -0.4 is 0 Å². The van der Waals surface area contributed by atoms with Gasteiger partial charge in [0.25, 0.3) is 5.91 Å². The van der Waals surface area contributed by atoms with E-state index in [0.717, 1.165) is 11.6 Å². The topological polar surface area (TPSA) is 99.8 Å². The van der Waals surface area contributed by atoms with E-state index in [1.54, 1.807) is 11.1 Å². The molecule has 0 spiro atoms. The van der Waals surface area contributed by atoms with Gasteiger partial charge in [-0.25, -0.2) is 9.97 Å². The van der Waals surface area contributed by atoms with Gasteiger partial charge in [-0.05, 0) is 6.92 Å². The lowest BCUT2D eigenvalue weighted by molar-refractivity contribution is -0.0268. The second-order valence-electron chi connectivity index (χ2n) is 5.73. The molecule has 1 fully saturated rings. The largest absolute Gasteiger partial charge is 0.366 e. The highest BCUT2D eigenvalue weighted by Crippen LogP contribution is 2.20. The number of hydrogen-bond donors (Lipinski definition) is 2. The lowest BCUT2D eigenvalue weighted by Crippen LogP contribution is -2.42. The molecule has 118 valence electrons. The van der Waals surface area contributed by atoms with Gasteiger partial charge in [-0.15, -0.1) is 0 Å². The number of aryl methyl sites for hydroxylation is 1. The van der Waals surface area contributed by atoms with E-state index in [-0.39, 0.29) is 17.9 Å². The monoisotopic (exact) mass is 304 g/mol. The Labute approximate surface area is 128 Å². The molecule has 3 rings (SSSR count). The van der Waals surface area contributed by atoms with Gasteiger partial charge in [0.15, 0.2) is 5.82 Å². The van der Waals surface area contributed by atoms with E-state index < -0.39 is 0 Å². The highest BCUT2D eigenvalue weighted by molar-refractivity contribution is 5.92. The number of amides is 1. The number of imidazole rings is 1. The molecule has 0 saturated carbocycles. The molecule has 8 nitrogen and oxygen atoms in total. The van der Waals surface area contributed by atoms with Gasteiger partial charge in [-0.2, -0.15) is 5.10 Å². The van der Waals surface area contributed by atoms with Gasteiger partial charge in [0.05, 0.1) is 19.3 Å². The first kappa shape index (κ1) is 14.7. The SMILES string of the molecule is Cc1nc([C@H]2CN(C(=O)c3cnc(C(C)C)[nH]3)CCO2)n[nH]1. The smallest absolute Gasteiger partial charge is 0.272 e. The highest BCUT2D eigenvalue weighted by Gasteiger charge is 2.29. The quantitative estimate of drug-likeness (QED) is 0.886. The zero-order chi connectivity index (χ0) is 15.7. The summed E-state index contributed by atoms with van der Waals surface area (Å²) in [4.78, 5) is 25.9. The average molecular weight is 304 g/mol. The van der Waals surface area contributed by atoms with Crippen molar-refractivity contribution in [3.8, 4) is 0 Å². The Hall–Kier alpha value is -2.22. The summed E-state index contributed by atoms with van der Waals surface area (Å²) in [5.74, 6) is 2.33. The molecule has 8 heteroatoms. The second-order valence-corrected chi connectivity index (χ2v) is 5.73. The molecule has 0 aliphatic carbocycles. The van der Waals surface area contributed by atoms with Gasteiger partial charge in [0, 0.05) is 12.5 Å². The maximum Gasteiger partial charge on any atom is 0.272 e. The first-order chi connectivity index (χ1) is 10.5. The summed E-state index contributed by atoms with van der Waals surface area (Å²) in [5, 5.41) is 6.91. The minimum absolute atomic E-state index is 0.0695. The number of morpholine rings is 1. The summed E-state index contributed by atoms with van der Waals surface area (Å²) < 4.78 is 5.67. The van der Waals surface area contributed by atoms with E-state index in [1.807, 2.05) is 20.8 Å². The van der Waals surface area contributed by atoms with Crippen LogP contribution in [0.5, 0.6) is 0 Å². The molecule has 2 aromatic heterocycles. The van der Waals surface area contributed by atoms with Crippen molar-refractivity contribution in [3.05, 3.63) is 29.4 Å². The Morgan fingerprint density at radius 3 is 2.95 bits per heavy atom. The van der Waals surface area contributed by atoms with Gasteiger partial charge < -0.3 is 14.6 Å². The fraction of sp³-hybridized carbons (Fsp3) is 0.571. The van der Waals surface area contributed by atoms with Crippen molar-refractivity contribution in [1.82, 2.24) is 30.0 Å². The van der Waals surface area contributed by atoms with Crippen molar-refractivity contribution in [3.63, 3.8) is 0 Å². The summed E-state index contributed by atoms with van der Waals surface area (Å²) in [6.07, 6.45) is 1.30. The maximum absolute atomic E-state index is 12.6. The summed E-state index contributed by atoms with van der Waals surface area (Å²) >= 11 is 0. The van der Waals surface area contributed by atoms with Gasteiger partial charge in [-0.1, -0.05) is 13.8 Å². The molecule has 1 aliphatic rings. The Morgan fingerprint density at radius 2 is 2.32 bits per heavy atom. The van der Waals surface area contributed by atoms with Crippen molar-refractivity contribution in [2.24, 2.45) is 0 Å². The van der Waals surface area contributed by atoms with E-state index in [9.17, 15) is 4.79 Å². The van der Waals surface area contributed by atoms with Crippen LogP contribution in [0.3, 0.4) is 0 Å². The Balaban J connectivity index is 1.72. The van der Waals surface area contributed by atoms with Crippen LogP contribution >= 0.6 is 0 Å². The third kappa shape index (κ3) is 2.87. The summed E-state index contributed by atoms with van der Waals surface area (Å²) in [6, 6.07) is 0. The molecule has 1 atom stereocenters. The van der Waals surface area contributed by atoms with E-state index in [4.69, 9.17) is 4.74 Å². The third-order valence-electron chi connectivity index (χ3n) is 3.63. The number of ether oxygens (including phenoxy) is 1. The number of H-pyrrole nitrogens is 2. The fourth-order valence-corrected chi connectivity index (χ4v) is 2.40. The predicted octanol–water partition coefficient (Wildman–Crippen LogP) is 1.17. The van der Waals surface area contributed by atoms with E-state index >= 15 is 0 Å². The second kappa shape index (κ2) is 5.88. The minimum atomic E-state index is -0.296. The molecule has 2 aromatic rings. The molecule has 2 N–H and O–H groups in total. The van der Waals surface area contributed by atoms with Crippen molar-refractivity contribution < 1.29 is 9.53 Å². The molecule has 3 heterocycles. The third-order valence-corrected chi connectivity index (χ3v) is 3.63. The van der Waals surface area contributed by atoms with Crippen molar-refractivity contribution in [2.45, 2.75) is 32.8 Å². The number of hydrogen-bond acceptors (Lipinski definition) is 5. The van der Waals surface area contributed by atoms with E-state index in [1.165, 1.54) is 0 Å². The van der Waals surface area contributed by atoms with Crippen LogP contribution in [-0.4, -0.2) is 55.7 Å². The lowest BCUT2D eigenvalue weighted by Gasteiger charge is -2.31. The zero-order valence-electron chi connectivity index (χ0n) is 13.0. The Kier molecular flexibility index (Phi) is 3.93. The number of nitrogens with zero attached hydrogens (tertiary/aromatic N) is 4. The molecule has 1 saturated heterocycles. The summed E-state index contributed by atoms with van der Waals surface area (Å²) in [6.45, 7) is 7.35. The molecule has 22 heavy (non-hydrogen) atoms. The fourth-order valence-electron chi connectivity index (χ4n) is 2.40. The Bertz CT molecular complexity index is 662. The van der Waals surface area contributed by atoms with Crippen LogP contribution in [0.25, 0.3) is 0 Å². The lowest BCUT2D eigenvalue weighted by atomic mass is 10.2. The zero-order valence-corrected chi connectivity index (χ0v) is 13.0. The number of nitrogens with one attached hydrogen (secondary N) is 2. The molecule has 0 unspecified atom stereocenters. The first-order valence-electron chi connectivity index (χ1n) is 7.39. The van der Waals surface area contributed by atoms with Crippen LogP contribution in [-0.2, 0) is 4.74 Å². The van der Waals surface area contributed by atoms with Crippen LogP contribution in [0.1, 0.15) is 53.8 Å². The van der Waals surface area contributed by atoms with Gasteiger partial charge >= 0.3 is 0 Å². The van der Waals surface area contributed by atoms with Crippen molar-refractivity contribution in [2.75, 3.05) is 19.7 Å². The molecule has 1 aliphatic heterocycles. The van der Waals surface area contributed by atoms with Crippen LogP contribution in [0, 0.1) is 6.92 Å². The van der Waals surface area contributed by atoms with E-state index in [0.29, 0.717) is 31.2 Å². The van der Waals surface area contributed by atoms with Crippen LogP contribution in [0.15, 0.2) is 6.20 Å². The van der Waals surface area contributed by atoms with Gasteiger partial charge in [0.2, 0.25) is 0 Å². The number of carbonyl (C=O) groups is 1. The molecule has 1 amide bonds. The molecular formula is C14H20N6O2. The molecule has 0 aromatic carbocycles. The first-order valence-corrected chi connectivity index (χ1v) is 7.39. The molecule has 0 bridgehead atoms. The van der Waals surface area contributed by atoms with E-state index in [2.05, 4.69) is 25.1 Å². The van der Waals surface area contributed by atoms with Crippen LogP contribution in [0.2, 0.25) is 0 Å². The van der Waals surface area contributed by atoms with Crippen molar-refractivity contribution in [1.29, 1.82) is 0 Å². The highest BCUT2D eigenvalue weighted by atomic mass is 16.5. The number of rotatable bonds is 3. The van der Waals surface area contributed by atoms with Gasteiger partial charge in [-0.3, -0.25) is 9.89 Å². The standard InChI is InChI=1S/C14H20N6O2/c1-8(2)12-15-6-10(17-12)14(21)20-4-5-22-11(7-20)13-16-9(3)18-19-13/h6,8,11H,4-5,7H2,1-3H3,(H,15,17)(H,16,18,19)/t11-/m1/s1. The molecule has 0 radical (unpaired) electrons. The van der Waals surface area contributed by atoms with Crippen molar-refractivity contribution >= 4 is 5.91 Å². The number of carbonyl (C=O) groups excluding carboxylic acids is 1. The van der Waals surface area contributed by atoms with Gasteiger partial charge in [0.1, 0.15) is 23.4 Å². The summed E-state index contributed by atoms with van der Waals surface area (Å²) in [7, 11) is 0. The minimum Gasteiger partial charge on any atom is -0.366 e. The normalized spacial score (nSPS) is 18.9. The predicted molar refractivity (Wildman–Crippen MR) is 78.4 cm³/mol. The Morgan fingerprint density at radius 1 is 1.50 bits per heavy atom. The average Bonchev–Trinajstić information content (AvgIpc) is 3.15.